The fraction of sp³-hybridized carbons (Fsp3) is 0.348. The lowest BCUT2D eigenvalue weighted by Crippen LogP contribution is -2.16. The van der Waals surface area contributed by atoms with Crippen LogP contribution in [0.4, 0.5) is 10.1 Å². The third-order valence-electron chi connectivity index (χ3n) is 4.51. The van der Waals surface area contributed by atoms with E-state index in [1.165, 1.54) is 7.05 Å². The Bertz CT molecular complexity index is 895. The highest BCUT2D eigenvalue weighted by Crippen LogP contribution is 2.29. The van der Waals surface area contributed by atoms with Crippen LogP contribution in [0.15, 0.2) is 54.9 Å². The van der Waals surface area contributed by atoms with E-state index >= 15 is 0 Å². The number of para-hydroxylation sites is 1. The van der Waals surface area contributed by atoms with Gasteiger partial charge in [-0.3, -0.25) is 9.78 Å². The van der Waals surface area contributed by atoms with E-state index < -0.39 is 11.9 Å². The number of rotatable bonds is 5. The molecule has 154 valence electrons. The summed E-state index contributed by atoms with van der Waals surface area (Å²) in [7, 11) is 1.48. The SMILES string of the molecule is Cc1nn(C)c(F)c1C(=O)Nc1ccccc1C(C)CC(C)C.c1ccncc1. The van der Waals surface area contributed by atoms with Gasteiger partial charge in [-0.1, -0.05) is 45.0 Å². The first-order chi connectivity index (χ1) is 13.8. The fourth-order valence-corrected chi connectivity index (χ4v) is 3.26. The van der Waals surface area contributed by atoms with E-state index in [2.05, 4.69) is 36.2 Å². The van der Waals surface area contributed by atoms with Crippen LogP contribution in [0.5, 0.6) is 0 Å². The van der Waals surface area contributed by atoms with Crippen LogP contribution >= 0.6 is 0 Å². The highest BCUT2D eigenvalue weighted by atomic mass is 19.1. The molecule has 1 atom stereocenters. The summed E-state index contributed by atoms with van der Waals surface area (Å²) in [6.45, 7) is 8.12. The molecule has 0 aliphatic heterocycles. The number of aromatic nitrogens is 3. The third-order valence-corrected chi connectivity index (χ3v) is 4.51. The summed E-state index contributed by atoms with van der Waals surface area (Å²) in [5.74, 6) is -0.205. The van der Waals surface area contributed by atoms with Crippen LogP contribution in [-0.4, -0.2) is 20.7 Å². The minimum Gasteiger partial charge on any atom is -0.322 e. The van der Waals surface area contributed by atoms with Crippen molar-refractivity contribution in [3.63, 3.8) is 0 Å². The van der Waals surface area contributed by atoms with Crippen molar-refractivity contribution in [3.8, 4) is 0 Å². The molecule has 3 rings (SSSR count). The second-order valence-electron chi connectivity index (χ2n) is 7.47. The van der Waals surface area contributed by atoms with Crippen molar-refractivity contribution in [2.45, 2.75) is 40.0 Å². The number of hydrogen-bond acceptors (Lipinski definition) is 3. The van der Waals surface area contributed by atoms with Crippen LogP contribution in [-0.2, 0) is 7.05 Å². The molecule has 6 heteroatoms. The van der Waals surface area contributed by atoms with Crippen molar-refractivity contribution >= 4 is 11.6 Å². The highest BCUT2D eigenvalue weighted by Gasteiger charge is 2.22. The van der Waals surface area contributed by atoms with Gasteiger partial charge >= 0.3 is 0 Å². The van der Waals surface area contributed by atoms with E-state index in [0.717, 1.165) is 22.4 Å². The first-order valence-corrected chi connectivity index (χ1v) is 9.75. The zero-order chi connectivity index (χ0) is 21.4. The molecule has 1 aromatic carbocycles. The van der Waals surface area contributed by atoms with Crippen LogP contribution < -0.4 is 5.32 Å². The summed E-state index contributed by atoms with van der Waals surface area (Å²) >= 11 is 0. The maximum absolute atomic E-state index is 14.0. The summed E-state index contributed by atoms with van der Waals surface area (Å²) < 4.78 is 15.1. The van der Waals surface area contributed by atoms with Crippen LogP contribution in [0, 0.1) is 18.8 Å². The molecule has 0 saturated heterocycles. The first kappa shape index (κ1) is 22.3. The number of hydrogen-bond donors (Lipinski definition) is 1. The van der Waals surface area contributed by atoms with E-state index in [1.54, 1.807) is 19.3 Å². The van der Waals surface area contributed by atoms with Gasteiger partial charge in [-0.05, 0) is 48.9 Å². The van der Waals surface area contributed by atoms with E-state index in [1.807, 2.05) is 42.5 Å². The van der Waals surface area contributed by atoms with Crippen LogP contribution in [0.25, 0.3) is 0 Å². The van der Waals surface area contributed by atoms with Crippen molar-refractivity contribution in [2.24, 2.45) is 13.0 Å². The van der Waals surface area contributed by atoms with Gasteiger partial charge in [0.2, 0.25) is 5.95 Å². The van der Waals surface area contributed by atoms with E-state index in [4.69, 9.17) is 0 Å². The quantitative estimate of drug-likeness (QED) is 0.632. The summed E-state index contributed by atoms with van der Waals surface area (Å²) in [4.78, 5) is 16.2. The Labute approximate surface area is 172 Å². The number of nitrogens with zero attached hydrogens (tertiary/aromatic N) is 3. The molecule has 5 nitrogen and oxygen atoms in total. The maximum atomic E-state index is 14.0. The molecular weight excluding hydrogens is 367 g/mol. The topological polar surface area (TPSA) is 59.8 Å². The number of nitrogens with one attached hydrogen (secondary N) is 1. The number of pyridine rings is 1. The average Bonchev–Trinajstić information content (AvgIpc) is 2.95. The Morgan fingerprint density at radius 1 is 1.10 bits per heavy atom. The predicted octanol–water partition coefficient (Wildman–Crippen LogP) is 5.35. The van der Waals surface area contributed by atoms with Crippen molar-refractivity contribution < 1.29 is 9.18 Å². The Kier molecular flexibility index (Phi) is 8.07. The lowest BCUT2D eigenvalue weighted by Gasteiger charge is -2.18. The number of aryl methyl sites for hydroxylation is 2. The Hall–Kier alpha value is -3.02. The van der Waals surface area contributed by atoms with Gasteiger partial charge in [0.25, 0.3) is 5.91 Å². The molecule has 1 N–H and O–H groups in total. The lowest BCUT2D eigenvalue weighted by atomic mass is 9.91. The molecule has 0 bridgehead atoms. The molecule has 0 radical (unpaired) electrons. The van der Waals surface area contributed by atoms with Crippen molar-refractivity contribution in [1.29, 1.82) is 0 Å². The molecule has 3 aromatic rings. The molecule has 0 aliphatic rings. The number of carbonyl (C=O) groups is 1. The molecule has 2 aromatic heterocycles. The second kappa shape index (κ2) is 10.5. The average molecular weight is 397 g/mol. The molecule has 2 heterocycles. The van der Waals surface area contributed by atoms with Gasteiger partial charge < -0.3 is 5.32 Å². The standard InChI is InChI=1S/C18H24FN3O.C5H5N/c1-11(2)10-12(3)14-8-6-7-9-15(14)20-18(23)16-13(4)21-22(5)17(16)19;1-2-4-6-5-3-1/h6-9,11-12H,10H2,1-5H3,(H,20,23);1-5H. The number of halogens is 1. The van der Waals surface area contributed by atoms with Gasteiger partial charge in [0, 0.05) is 25.1 Å². The van der Waals surface area contributed by atoms with Crippen LogP contribution in [0.2, 0.25) is 0 Å². The normalized spacial score (nSPS) is 11.6. The predicted molar refractivity (Wildman–Crippen MR) is 114 cm³/mol. The largest absolute Gasteiger partial charge is 0.322 e. The van der Waals surface area contributed by atoms with Gasteiger partial charge in [-0.2, -0.15) is 9.49 Å². The molecule has 29 heavy (non-hydrogen) atoms. The molecule has 0 fully saturated rings. The number of anilines is 1. The summed E-state index contributed by atoms with van der Waals surface area (Å²) in [6.07, 6.45) is 4.52. The summed E-state index contributed by atoms with van der Waals surface area (Å²) in [6, 6.07) is 13.4. The number of amides is 1. The number of carbonyl (C=O) groups excluding carboxylic acids is 1. The monoisotopic (exact) mass is 396 g/mol. The van der Waals surface area contributed by atoms with Crippen LogP contribution in [0.3, 0.4) is 0 Å². The Morgan fingerprint density at radius 3 is 2.24 bits per heavy atom. The smallest absolute Gasteiger partial charge is 0.262 e. The van der Waals surface area contributed by atoms with Gasteiger partial charge in [-0.15, -0.1) is 0 Å². The zero-order valence-corrected chi connectivity index (χ0v) is 17.7. The van der Waals surface area contributed by atoms with Gasteiger partial charge in [0.1, 0.15) is 5.56 Å². The van der Waals surface area contributed by atoms with E-state index in [-0.39, 0.29) is 5.56 Å². The molecule has 0 aliphatic carbocycles. The van der Waals surface area contributed by atoms with Crippen molar-refractivity contribution in [2.75, 3.05) is 5.32 Å². The van der Waals surface area contributed by atoms with Crippen molar-refractivity contribution in [1.82, 2.24) is 14.8 Å². The molecule has 1 amide bonds. The van der Waals surface area contributed by atoms with Gasteiger partial charge in [0.15, 0.2) is 0 Å². The summed E-state index contributed by atoms with van der Waals surface area (Å²) in [5.41, 5.74) is 2.18. The number of benzene rings is 1. The molecule has 1 unspecified atom stereocenters. The highest BCUT2D eigenvalue weighted by molar-refractivity contribution is 6.05. The van der Waals surface area contributed by atoms with Crippen molar-refractivity contribution in [3.05, 3.63) is 77.6 Å². The van der Waals surface area contributed by atoms with Crippen LogP contribution in [0.1, 0.15) is 54.7 Å². The minimum absolute atomic E-state index is 0.00110. The maximum Gasteiger partial charge on any atom is 0.262 e. The Morgan fingerprint density at radius 2 is 1.76 bits per heavy atom. The fourth-order valence-electron chi connectivity index (χ4n) is 3.26. The Balaban J connectivity index is 0.000000426. The van der Waals surface area contributed by atoms with Gasteiger partial charge in [-0.25, -0.2) is 4.68 Å². The van der Waals surface area contributed by atoms with Gasteiger partial charge in [0.05, 0.1) is 5.69 Å². The summed E-state index contributed by atoms with van der Waals surface area (Å²) in [5, 5.41) is 6.79. The molecule has 0 spiro atoms. The minimum atomic E-state index is -0.618. The van der Waals surface area contributed by atoms with E-state index in [9.17, 15) is 9.18 Å². The second-order valence-corrected chi connectivity index (χ2v) is 7.47. The molecular formula is C23H29FN4O. The van der Waals surface area contributed by atoms with E-state index in [0.29, 0.717) is 17.5 Å². The first-order valence-electron chi connectivity index (χ1n) is 9.75. The lowest BCUT2D eigenvalue weighted by molar-refractivity contribution is 0.102. The third kappa shape index (κ3) is 6.24. The molecule has 0 saturated carbocycles. The zero-order valence-electron chi connectivity index (χ0n) is 17.7.